The SMILES string of the molecule is O=C(N[C@@H]1CC[C@H](C(=O)O)C1)C1CC(=O)N(Cc2cccc(C(F)(F)F)c2)C1. The highest BCUT2D eigenvalue weighted by Gasteiger charge is 2.37. The Morgan fingerprint density at radius 1 is 1.21 bits per heavy atom. The summed E-state index contributed by atoms with van der Waals surface area (Å²) < 4.78 is 38.5. The van der Waals surface area contributed by atoms with Crippen LogP contribution in [0.5, 0.6) is 0 Å². The van der Waals surface area contributed by atoms with Crippen molar-refractivity contribution in [3.05, 3.63) is 35.4 Å². The fourth-order valence-electron chi connectivity index (χ4n) is 3.82. The number of carboxylic acid groups (broad SMARTS) is 1. The molecule has 0 aromatic heterocycles. The lowest BCUT2D eigenvalue weighted by molar-refractivity contribution is -0.141. The third kappa shape index (κ3) is 4.63. The summed E-state index contributed by atoms with van der Waals surface area (Å²) in [5.41, 5.74) is -0.426. The lowest BCUT2D eigenvalue weighted by atomic mass is 10.1. The van der Waals surface area contributed by atoms with Gasteiger partial charge in [0.1, 0.15) is 0 Å². The topological polar surface area (TPSA) is 86.7 Å². The van der Waals surface area contributed by atoms with Gasteiger partial charge in [-0.1, -0.05) is 12.1 Å². The molecule has 3 rings (SSSR count). The second-order valence-corrected chi connectivity index (χ2v) is 7.43. The predicted molar refractivity (Wildman–Crippen MR) is 91.9 cm³/mol. The molecule has 1 heterocycles. The summed E-state index contributed by atoms with van der Waals surface area (Å²) in [4.78, 5) is 37.0. The summed E-state index contributed by atoms with van der Waals surface area (Å²) >= 11 is 0. The molecular weight excluding hydrogens is 377 g/mol. The minimum Gasteiger partial charge on any atom is -0.481 e. The van der Waals surface area contributed by atoms with Gasteiger partial charge >= 0.3 is 12.1 Å². The van der Waals surface area contributed by atoms with E-state index in [4.69, 9.17) is 5.11 Å². The van der Waals surface area contributed by atoms with Gasteiger partial charge in [0, 0.05) is 25.6 Å². The molecule has 152 valence electrons. The average molecular weight is 398 g/mol. The molecule has 6 nitrogen and oxygen atoms in total. The Balaban J connectivity index is 1.56. The number of halogens is 3. The number of aliphatic carboxylic acids is 1. The molecule has 2 fully saturated rings. The maximum absolute atomic E-state index is 12.8. The Bertz CT molecular complexity index is 781. The Hall–Kier alpha value is -2.58. The summed E-state index contributed by atoms with van der Waals surface area (Å²) in [7, 11) is 0. The molecule has 2 amide bonds. The summed E-state index contributed by atoms with van der Waals surface area (Å²) in [6, 6.07) is 4.56. The standard InChI is InChI=1S/C19H21F3N2O4/c20-19(21,22)14-3-1-2-11(6-14)9-24-10-13(8-16(24)25)17(26)23-15-5-4-12(7-15)18(27)28/h1-3,6,12-13,15H,4-5,7-10H2,(H,23,26)(H,27,28)/t12-,13?,15+/m0/s1. The third-order valence-electron chi connectivity index (χ3n) is 5.34. The normalized spacial score (nSPS) is 25.2. The zero-order valence-corrected chi connectivity index (χ0v) is 15.0. The van der Waals surface area contributed by atoms with Crippen molar-refractivity contribution in [2.75, 3.05) is 6.54 Å². The van der Waals surface area contributed by atoms with E-state index < -0.39 is 29.5 Å². The largest absolute Gasteiger partial charge is 0.481 e. The first-order valence-electron chi connectivity index (χ1n) is 9.10. The maximum atomic E-state index is 12.8. The van der Waals surface area contributed by atoms with E-state index in [-0.39, 0.29) is 37.4 Å². The number of hydrogen-bond donors (Lipinski definition) is 2. The summed E-state index contributed by atoms with van der Waals surface area (Å²) in [5, 5.41) is 11.8. The second kappa shape index (κ2) is 7.81. The molecule has 28 heavy (non-hydrogen) atoms. The monoisotopic (exact) mass is 398 g/mol. The molecule has 1 saturated carbocycles. The minimum absolute atomic E-state index is 0.000125. The molecular formula is C19H21F3N2O4. The van der Waals surface area contributed by atoms with Crippen LogP contribution in [-0.2, 0) is 27.1 Å². The molecule has 1 aliphatic carbocycles. The molecule has 2 aliphatic rings. The molecule has 1 saturated heterocycles. The summed E-state index contributed by atoms with van der Waals surface area (Å²) in [5.74, 6) is -2.52. The highest BCUT2D eigenvalue weighted by atomic mass is 19.4. The molecule has 1 aromatic rings. The smallest absolute Gasteiger partial charge is 0.416 e. The first kappa shape index (κ1) is 20.2. The average Bonchev–Trinajstić information content (AvgIpc) is 3.22. The number of nitrogens with one attached hydrogen (secondary N) is 1. The number of likely N-dealkylation sites (tertiary alicyclic amines) is 1. The number of hydrogen-bond acceptors (Lipinski definition) is 3. The molecule has 1 unspecified atom stereocenters. The Labute approximate surface area is 159 Å². The van der Waals surface area contributed by atoms with Gasteiger partial charge < -0.3 is 15.3 Å². The number of carboxylic acids is 1. The lowest BCUT2D eigenvalue weighted by Crippen LogP contribution is -2.38. The van der Waals surface area contributed by atoms with E-state index in [0.29, 0.717) is 24.8 Å². The first-order valence-corrected chi connectivity index (χ1v) is 9.10. The Kier molecular flexibility index (Phi) is 5.62. The molecule has 0 bridgehead atoms. The van der Waals surface area contributed by atoms with Crippen molar-refractivity contribution in [2.45, 2.75) is 44.4 Å². The summed E-state index contributed by atoms with van der Waals surface area (Å²) in [6.45, 7) is 0.146. The quantitative estimate of drug-likeness (QED) is 0.798. The van der Waals surface area contributed by atoms with E-state index >= 15 is 0 Å². The van der Waals surface area contributed by atoms with Crippen LogP contribution in [0.4, 0.5) is 13.2 Å². The van der Waals surface area contributed by atoms with Crippen LogP contribution in [0.1, 0.15) is 36.8 Å². The number of carbonyl (C=O) groups is 3. The number of alkyl halides is 3. The highest BCUT2D eigenvalue weighted by Crippen LogP contribution is 2.31. The molecule has 0 spiro atoms. The van der Waals surface area contributed by atoms with E-state index in [0.717, 1.165) is 12.1 Å². The van der Waals surface area contributed by atoms with Gasteiger partial charge in [0.05, 0.1) is 17.4 Å². The predicted octanol–water partition coefficient (Wildman–Crippen LogP) is 2.42. The van der Waals surface area contributed by atoms with Crippen LogP contribution in [0, 0.1) is 11.8 Å². The van der Waals surface area contributed by atoms with Crippen molar-refractivity contribution in [2.24, 2.45) is 11.8 Å². The van der Waals surface area contributed by atoms with Gasteiger partial charge in [-0.15, -0.1) is 0 Å². The number of carbonyl (C=O) groups excluding carboxylic acids is 2. The third-order valence-corrected chi connectivity index (χ3v) is 5.34. The summed E-state index contributed by atoms with van der Waals surface area (Å²) in [6.07, 6.45) is -3.00. The maximum Gasteiger partial charge on any atom is 0.416 e. The zero-order chi connectivity index (χ0) is 20.5. The van der Waals surface area contributed by atoms with Gasteiger partial charge in [0.2, 0.25) is 11.8 Å². The van der Waals surface area contributed by atoms with Crippen LogP contribution < -0.4 is 5.32 Å². The van der Waals surface area contributed by atoms with Crippen LogP contribution in [0.15, 0.2) is 24.3 Å². The van der Waals surface area contributed by atoms with Crippen LogP contribution in [-0.4, -0.2) is 40.4 Å². The van der Waals surface area contributed by atoms with E-state index in [2.05, 4.69) is 5.32 Å². The van der Waals surface area contributed by atoms with Gasteiger partial charge in [-0.25, -0.2) is 0 Å². The Morgan fingerprint density at radius 3 is 2.61 bits per heavy atom. The minimum atomic E-state index is -4.46. The number of benzene rings is 1. The highest BCUT2D eigenvalue weighted by molar-refractivity contribution is 5.89. The molecule has 1 aromatic carbocycles. The fourth-order valence-corrected chi connectivity index (χ4v) is 3.82. The van der Waals surface area contributed by atoms with Crippen molar-refractivity contribution in [3.8, 4) is 0 Å². The van der Waals surface area contributed by atoms with Gasteiger partial charge in [-0.3, -0.25) is 14.4 Å². The van der Waals surface area contributed by atoms with E-state index in [1.807, 2.05) is 0 Å². The van der Waals surface area contributed by atoms with E-state index in [1.54, 1.807) is 0 Å². The number of nitrogens with zero attached hydrogens (tertiary/aromatic N) is 1. The first-order chi connectivity index (χ1) is 13.1. The molecule has 9 heteroatoms. The zero-order valence-electron chi connectivity index (χ0n) is 15.0. The number of amides is 2. The van der Waals surface area contributed by atoms with Crippen LogP contribution in [0.25, 0.3) is 0 Å². The van der Waals surface area contributed by atoms with Crippen molar-refractivity contribution in [3.63, 3.8) is 0 Å². The second-order valence-electron chi connectivity index (χ2n) is 7.43. The van der Waals surface area contributed by atoms with Crippen LogP contribution in [0.3, 0.4) is 0 Å². The van der Waals surface area contributed by atoms with Gasteiger partial charge in [0.25, 0.3) is 0 Å². The van der Waals surface area contributed by atoms with E-state index in [9.17, 15) is 27.6 Å². The van der Waals surface area contributed by atoms with Crippen molar-refractivity contribution < 1.29 is 32.7 Å². The van der Waals surface area contributed by atoms with Gasteiger partial charge in [-0.2, -0.15) is 13.2 Å². The van der Waals surface area contributed by atoms with Gasteiger partial charge in [-0.05, 0) is 37.0 Å². The number of rotatable bonds is 5. The lowest BCUT2D eigenvalue weighted by Gasteiger charge is -2.19. The van der Waals surface area contributed by atoms with Crippen molar-refractivity contribution in [1.82, 2.24) is 10.2 Å². The molecule has 2 N–H and O–H groups in total. The Morgan fingerprint density at radius 2 is 1.96 bits per heavy atom. The van der Waals surface area contributed by atoms with E-state index in [1.165, 1.54) is 17.0 Å². The van der Waals surface area contributed by atoms with Crippen LogP contribution >= 0.6 is 0 Å². The van der Waals surface area contributed by atoms with Crippen molar-refractivity contribution >= 4 is 17.8 Å². The molecule has 3 atom stereocenters. The van der Waals surface area contributed by atoms with Crippen molar-refractivity contribution in [1.29, 1.82) is 0 Å². The fraction of sp³-hybridized carbons (Fsp3) is 0.526. The van der Waals surface area contributed by atoms with Gasteiger partial charge in [0.15, 0.2) is 0 Å². The van der Waals surface area contributed by atoms with Crippen LogP contribution in [0.2, 0.25) is 0 Å². The molecule has 0 radical (unpaired) electrons. The molecule has 1 aliphatic heterocycles.